The van der Waals surface area contributed by atoms with Crippen LogP contribution in [0.25, 0.3) is 0 Å². The van der Waals surface area contributed by atoms with E-state index in [0.717, 1.165) is 27.5 Å². The highest BCUT2D eigenvalue weighted by atomic mass is 32.1. The lowest BCUT2D eigenvalue weighted by molar-refractivity contribution is -0.137. The second-order valence-corrected chi connectivity index (χ2v) is 8.51. The Bertz CT molecular complexity index is 959. The van der Waals surface area contributed by atoms with Gasteiger partial charge in [-0.05, 0) is 54.6 Å². The van der Waals surface area contributed by atoms with E-state index < -0.39 is 0 Å². The zero-order chi connectivity index (χ0) is 20.4. The van der Waals surface area contributed by atoms with Gasteiger partial charge in [-0.25, -0.2) is 0 Å². The summed E-state index contributed by atoms with van der Waals surface area (Å²) < 4.78 is 5.47. The second kappa shape index (κ2) is 8.25. The van der Waals surface area contributed by atoms with Crippen LogP contribution in [0.15, 0.2) is 58.5 Å². The van der Waals surface area contributed by atoms with Crippen molar-refractivity contribution in [3.8, 4) is 0 Å². The summed E-state index contributed by atoms with van der Waals surface area (Å²) >= 11 is 1.62. The first-order chi connectivity index (χ1) is 14.0. The van der Waals surface area contributed by atoms with Crippen molar-refractivity contribution in [2.75, 3.05) is 11.4 Å². The Hall–Kier alpha value is -2.86. The van der Waals surface area contributed by atoms with Crippen LogP contribution >= 0.6 is 11.3 Å². The van der Waals surface area contributed by atoms with E-state index in [0.29, 0.717) is 19.6 Å². The largest absolute Gasteiger partial charge is 0.467 e. The number of benzene rings is 1. The zero-order valence-electron chi connectivity index (χ0n) is 16.6. The molecule has 1 saturated heterocycles. The highest BCUT2D eigenvalue weighted by Gasteiger charge is 2.38. The van der Waals surface area contributed by atoms with Gasteiger partial charge in [0.2, 0.25) is 11.8 Å². The monoisotopic (exact) mass is 408 g/mol. The van der Waals surface area contributed by atoms with Crippen molar-refractivity contribution in [1.29, 1.82) is 0 Å². The molecule has 0 N–H and O–H groups in total. The Morgan fingerprint density at radius 3 is 2.76 bits per heavy atom. The molecule has 0 radical (unpaired) electrons. The summed E-state index contributed by atoms with van der Waals surface area (Å²) in [4.78, 5) is 30.8. The van der Waals surface area contributed by atoms with E-state index in [-0.39, 0.29) is 24.2 Å². The van der Waals surface area contributed by atoms with Gasteiger partial charge in [-0.1, -0.05) is 18.2 Å². The van der Waals surface area contributed by atoms with Gasteiger partial charge in [0.05, 0.1) is 25.3 Å². The number of aryl methyl sites for hydroxylation is 1. The normalized spacial score (nSPS) is 16.4. The van der Waals surface area contributed by atoms with Gasteiger partial charge >= 0.3 is 0 Å². The quantitative estimate of drug-likeness (QED) is 0.602. The molecule has 1 aliphatic rings. The molecule has 0 aliphatic carbocycles. The average Bonchev–Trinajstić information content (AvgIpc) is 3.46. The Kier molecular flexibility index (Phi) is 5.53. The molecule has 4 rings (SSSR count). The van der Waals surface area contributed by atoms with Crippen LogP contribution in [0.5, 0.6) is 0 Å². The molecule has 1 aromatic carbocycles. The summed E-state index contributed by atoms with van der Waals surface area (Å²) in [6, 6.07) is 13.7. The molecule has 1 fully saturated rings. The highest BCUT2D eigenvalue weighted by Crippen LogP contribution is 2.31. The van der Waals surface area contributed by atoms with E-state index in [2.05, 4.69) is 0 Å². The Morgan fingerprint density at radius 1 is 1.17 bits per heavy atom. The van der Waals surface area contributed by atoms with Gasteiger partial charge in [-0.15, -0.1) is 11.3 Å². The van der Waals surface area contributed by atoms with Crippen molar-refractivity contribution in [3.05, 3.63) is 75.9 Å². The van der Waals surface area contributed by atoms with E-state index in [1.807, 2.05) is 61.7 Å². The molecule has 3 heterocycles. The predicted octanol–water partition coefficient (Wildman–Crippen LogP) is 4.54. The third kappa shape index (κ3) is 4.12. The molecule has 1 unspecified atom stereocenters. The summed E-state index contributed by atoms with van der Waals surface area (Å²) in [5, 5.41) is 2.01. The molecule has 1 aliphatic heterocycles. The molecule has 2 amide bonds. The fourth-order valence-electron chi connectivity index (χ4n) is 3.79. The van der Waals surface area contributed by atoms with Crippen molar-refractivity contribution >= 4 is 28.8 Å². The number of nitrogens with zero attached hydrogens (tertiary/aromatic N) is 2. The minimum absolute atomic E-state index is 0.00374. The SMILES string of the molecule is Cc1cccc(N2CC(C(=O)N(Cc3ccco3)Cc3cccs3)CC2=O)c1C. The first kappa shape index (κ1) is 19.5. The van der Waals surface area contributed by atoms with Crippen LogP contribution in [0.2, 0.25) is 0 Å². The molecular weight excluding hydrogens is 384 g/mol. The van der Waals surface area contributed by atoms with Crippen molar-refractivity contribution in [2.45, 2.75) is 33.4 Å². The number of carbonyl (C=O) groups is 2. The molecule has 0 bridgehead atoms. The molecule has 6 heteroatoms. The third-order valence-electron chi connectivity index (χ3n) is 5.51. The summed E-state index contributed by atoms with van der Waals surface area (Å²) in [7, 11) is 0. The summed E-state index contributed by atoms with van der Waals surface area (Å²) in [5.74, 6) is 0.394. The second-order valence-electron chi connectivity index (χ2n) is 7.48. The molecule has 5 nitrogen and oxygen atoms in total. The first-order valence-corrected chi connectivity index (χ1v) is 10.6. The van der Waals surface area contributed by atoms with E-state index in [9.17, 15) is 9.59 Å². The number of furan rings is 1. The van der Waals surface area contributed by atoms with Gasteiger partial charge in [0.1, 0.15) is 5.76 Å². The van der Waals surface area contributed by atoms with Crippen LogP contribution < -0.4 is 4.90 Å². The molecule has 0 spiro atoms. The lowest BCUT2D eigenvalue weighted by atomic mass is 10.1. The van der Waals surface area contributed by atoms with Gasteiger partial charge in [0, 0.05) is 23.5 Å². The van der Waals surface area contributed by atoms with Gasteiger partial charge in [0.25, 0.3) is 0 Å². The van der Waals surface area contributed by atoms with Crippen molar-refractivity contribution in [3.63, 3.8) is 0 Å². The Morgan fingerprint density at radius 2 is 2.03 bits per heavy atom. The maximum Gasteiger partial charge on any atom is 0.228 e. The van der Waals surface area contributed by atoms with Crippen molar-refractivity contribution < 1.29 is 14.0 Å². The molecule has 29 heavy (non-hydrogen) atoms. The smallest absolute Gasteiger partial charge is 0.228 e. The number of carbonyl (C=O) groups excluding carboxylic acids is 2. The third-order valence-corrected chi connectivity index (χ3v) is 6.37. The highest BCUT2D eigenvalue weighted by molar-refractivity contribution is 7.09. The van der Waals surface area contributed by atoms with E-state index in [4.69, 9.17) is 4.42 Å². The van der Waals surface area contributed by atoms with Crippen molar-refractivity contribution in [1.82, 2.24) is 4.90 Å². The number of anilines is 1. The lowest BCUT2D eigenvalue weighted by Gasteiger charge is -2.25. The number of amides is 2. The molecule has 3 aromatic rings. The Balaban J connectivity index is 1.54. The van der Waals surface area contributed by atoms with Gasteiger partial charge in [0.15, 0.2) is 0 Å². The number of thiophene rings is 1. The standard InChI is InChI=1S/C23H24N2O3S/c1-16-6-3-9-21(17(16)2)25-13-18(12-22(25)26)23(27)24(14-19-7-4-10-28-19)15-20-8-5-11-29-20/h3-11,18H,12-15H2,1-2H3. The predicted molar refractivity (Wildman–Crippen MR) is 114 cm³/mol. The molecule has 0 saturated carbocycles. The lowest BCUT2D eigenvalue weighted by Crippen LogP contribution is -2.36. The van der Waals surface area contributed by atoms with Crippen LogP contribution in [0, 0.1) is 19.8 Å². The van der Waals surface area contributed by atoms with Gasteiger partial charge in [-0.2, -0.15) is 0 Å². The van der Waals surface area contributed by atoms with Crippen LogP contribution in [-0.4, -0.2) is 23.3 Å². The maximum absolute atomic E-state index is 13.4. The van der Waals surface area contributed by atoms with Crippen LogP contribution in [-0.2, 0) is 22.7 Å². The van der Waals surface area contributed by atoms with Gasteiger partial charge < -0.3 is 14.2 Å². The zero-order valence-corrected chi connectivity index (χ0v) is 17.4. The first-order valence-electron chi connectivity index (χ1n) is 9.73. The van der Waals surface area contributed by atoms with E-state index in [1.54, 1.807) is 27.4 Å². The fraction of sp³-hybridized carbons (Fsp3) is 0.304. The number of rotatable bonds is 6. The molecular formula is C23H24N2O3S. The van der Waals surface area contributed by atoms with E-state index >= 15 is 0 Å². The number of hydrogen-bond donors (Lipinski definition) is 0. The van der Waals surface area contributed by atoms with Crippen LogP contribution in [0.4, 0.5) is 5.69 Å². The Labute approximate surface area is 174 Å². The van der Waals surface area contributed by atoms with Gasteiger partial charge in [-0.3, -0.25) is 9.59 Å². The van der Waals surface area contributed by atoms with E-state index in [1.165, 1.54) is 0 Å². The molecule has 150 valence electrons. The van der Waals surface area contributed by atoms with Crippen LogP contribution in [0.3, 0.4) is 0 Å². The summed E-state index contributed by atoms with van der Waals surface area (Å²) in [6.45, 7) is 5.39. The summed E-state index contributed by atoms with van der Waals surface area (Å²) in [6.07, 6.45) is 1.86. The number of hydrogen-bond acceptors (Lipinski definition) is 4. The average molecular weight is 409 g/mol. The fourth-order valence-corrected chi connectivity index (χ4v) is 4.50. The maximum atomic E-state index is 13.4. The summed E-state index contributed by atoms with van der Waals surface area (Å²) in [5.41, 5.74) is 3.13. The molecule has 2 aromatic heterocycles. The van der Waals surface area contributed by atoms with Crippen molar-refractivity contribution in [2.24, 2.45) is 5.92 Å². The molecule has 1 atom stereocenters. The van der Waals surface area contributed by atoms with Crippen LogP contribution in [0.1, 0.15) is 28.2 Å². The minimum atomic E-state index is -0.350. The minimum Gasteiger partial charge on any atom is -0.467 e. The topological polar surface area (TPSA) is 53.8 Å².